The maximum absolute atomic E-state index is 3.63. The molecule has 0 fully saturated rings. The smallest absolute Gasteiger partial charge is 0.0463 e. The van der Waals surface area contributed by atoms with Crippen molar-refractivity contribution in [2.45, 2.75) is 65.5 Å². The van der Waals surface area contributed by atoms with Crippen molar-refractivity contribution < 1.29 is 0 Å². The Kier molecular flexibility index (Phi) is 8.40. The van der Waals surface area contributed by atoms with Crippen molar-refractivity contribution in [2.24, 2.45) is 0 Å². The van der Waals surface area contributed by atoms with Crippen molar-refractivity contribution in [3.8, 4) is 0 Å². The van der Waals surface area contributed by atoms with Gasteiger partial charge >= 0.3 is 0 Å². The molecule has 3 nitrogen and oxygen atoms in total. The number of hydrogen-bond donors (Lipinski definition) is 2. The third-order valence-corrected chi connectivity index (χ3v) is 5.98. The normalized spacial score (nSPS) is 11.0. The van der Waals surface area contributed by atoms with Crippen molar-refractivity contribution >= 4 is 28.4 Å². The molecule has 3 aromatic carbocycles. The van der Waals surface area contributed by atoms with Crippen molar-refractivity contribution in [3.63, 3.8) is 0 Å². The molecule has 0 aromatic heterocycles. The molecule has 0 aliphatic rings. The number of nitrogens with one attached hydrogen (secondary N) is 2. The molecule has 0 saturated heterocycles. The van der Waals surface area contributed by atoms with E-state index in [2.05, 4.69) is 122 Å². The first-order valence-electron chi connectivity index (χ1n) is 11.8. The quantitative estimate of drug-likeness (QED) is 0.329. The average molecular weight is 416 g/mol. The molecule has 3 heteroatoms. The van der Waals surface area contributed by atoms with Crippen LogP contribution in [0.3, 0.4) is 0 Å². The fourth-order valence-electron chi connectivity index (χ4n) is 3.89. The van der Waals surface area contributed by atoms with Gasteiger partial charge in [-0.25, -0.2) is 0 Å². The van der Waals surface area contributed by atoms with E-state index in [-0.39, 0.29) is 0 Å². The molecule has 0 spiro atoms. The van der Waals surface area contributed by atoms with Crippen LogP contribution < -0.4 is 15.5 Å². The molecule has 0 atom stereocenters. The largest absolute Gasteiger partial charge is 0.382 e. The number of para-hydroxylation sites is 1. The highest BCUT2D eigenvalue weighted by molar-refractivity contribution is 5.78. The fourth-order valence-corrected chi connectivity index (χ4v) is 3.89. The van der Waals surface area contributed by atoms with Gasteiger partial charge in [0.1, 0.15) is 0 Å². The van der Waals surface area contributed by atoms with Crippen LogP contribution in [0.1, 0.15) is 53.4 Å². The number of rotatable bonds is 11. The molecule has 0 bridgehead atoms. The zero-order valence-electron chi connectivity index (χ0n) is 19.4. The lowest BCUT2D eigenvalue weighted by atomic mass is 10.1. The maximum atomic E-state index is 3.63. The fraction of sp³-hybridized carbons (Fsp3) is 0.357. The summed E-state index contributed by atoms with van der Waals surface area (Å²) in [6, 6.07) is 29.2. The first-order chi connectivity index (χ1) is 15.2. The molecule has 2 N–H and O–H groups in total. The van der Waals surface area contributed by atoms with E-state index < -0.39 is 0 Å². The lowest BCUT2D eigenvalue weighted by molar-refractivity contribution is 0.672. The Balaban J connectivity index is 1.88. The number of nitrogens with zero attached hydrogens (tertiary/aromatic N) is 1. The van der Waals surface area contributed by atoms with Gasteiger partial charge in [0.05, 0.1) is 0 Å². The second-order valence-corrected chi connectivity index (χ2v) is 8.08. The van der Waals surface area contributed by atoms with Crippen LogP contribution in [-0.4, -0.2) is 12.1 Å². The maximum Gasteiger partial charge on any atom is 0.0463 e. The predicted molar refractivity (Wildman–Crippen MR) is 137 cm³/mol. The van der Waals surface area contributed by atoms with Gasteiger partial charge in [0.25, 0.3) is 0 Å². The molecule has 31 heavy (non-hydrogen) atoms. The zero-order valence-corrected chi connectivity index (χ0v) is 19.4. The van der Waals surface area contributed by atoms with Crippen LogP contribution in [0.25, 0.3) is 0 Å². The van der Waals surface area contributed by atoms with E-state index in [4.69, 9.17) is 0 Å². The van der Waals surface area contributed by atoms with E-state index in [1.165, 1.54) is 11.4 Å². The first kappa shape index (κ1) is 22.7. The molecule has 0 aliphatic carbocycles. The molecular formula is C28H37N3. The first-order valence-corrected chi connectivity index (χ1v) is 11.8. The molecule has 0 heterocycles. The zero-order chi connectivity index (χ0) is 22.1. The topological polar surface area (TPSA) is 27.3 Å². The Morgan fingerprint density at radius 3 is 1.23 bits per heavy atom. The number of hydrogen-bond acceptors (Lipinski definition) is 3. The van der Waals surface area contributed by atoms with E-state index in [0.717, 1.165) is 42.7 Å². The summed E-state index contributed by atoms with van der Waals surface area (Å²) in [5, 5.41) is 7.27. The summed E-state index contributed by atoms with van der Waals surface area (Å²) < 4.78 is 0. The molecule has 0 amide bonds. The van der Waals surface area contributed by atoms with Crippen LogP contribution in [0.2, 0.25) is 0 Å². The highest BCUT2D eigenvalue weighted by atomic mass is 15.1. The van der Waals surface area contributed by atoms with Gasteiger partial charge in [-0.1, -0.05) is 45.9 Å². The molecule has 0 radical (unpaired) electrons. The third-order valence-electron chi connectivity index (χ3n) is 5.98. The van der Waals surface area contributed by atoms with E-state index in [1.54, 1.807) is 0 Å². The van der Waals surface area contributed by atoms with Crippen molar-refractivity contribution in [1.82, 2.24) is 0 Å². The number of anilines is 5. The number of benzene rings is 3. The van der Waals surface area contributed by atoms with Crippen molar-refractivity contribution in [1.29, 1.82) is 0 Å². The lowest BCUT2D eigenvalue weighted by Gasteiger charge is -2.26. The van der Waals surface area contributed by atoms with Crippen LogP contribution in [0.15, 0.2) is 78.9 Å². The van der Waals surface area contributed by atoms with Crippen molar-refractivity contribution in [3.05, 3.63) is 78.9 Å². The average Bonchev–Trinajstić information content (AvgIpc) is 2.83. The summed E-state index contributed by atoms with van der Waals surface area (Å²) in [5.41, 5.74) is 5.82. The summed E-state index contributed by atoms with van der Waals surface area (Å²) in [4.78, 5) is 2.31. The SMILES string of the molecule is CCC(CC)Nc1ccc(N(c2ccccc2)c2ccc(NC(CC)CC)cc2)cc1. The Morgan fingerprint density at radius 2 is 0.871 bits per heavy atom. The molecular weight excluding hydrogens is 378 g/mol. The van der Waals surface area contributed by atoms with E-state index in [1.807, 2.05) is 0 Å². The molecule has 0 saturated carbocycles. The Hall–Kier alpha value is -2.94. The lowest BCUT2D eigenvalue weighted by Crippen LogP contribution is -2.17. The monoisotopic (exact) mass is 415 g/mol. The molecule has 164 valence electrons. The Bertz CT molecular complexity index is 822. The molecule has 0 aliphatic heterocycles. The predicted octanol–water partition coefficient (Wildman–Crippen LogP) is 8.36. The van der Waals surface area contributed by atoms with Crippen LogP contribution in [-0.2, 0) is 0 Å². The van der Waals surface area contributed by atoms with Crippen LogP contribution in [0.5, 0.6) is 0 Å². The van der Waals surface area contributed by atoms with Gasteiger partial charge < -0.3 is 15.5 Å². The van der Waals surface area contributed by atoms with Gasteiger partial charge in [-0.05, 0) is 86.3 Å². The van der Waals surface area contributed by atoms with E-state index >= 15 is 0 Å². The van der Waals surface area contributed by atoms with Crippen LogP contribution in [0.4, 0.5) is 28.4 Å². The molecule has 3 rings (SSSR count). The van der Waals surface area contributed by atoms with Crippen LogP contribution >= 0.6 is 0 Å². The molecule has 3 aromatic rings. The van der Waals surface area contributed by atoms with Gasteiger partial charge in [0.15, 0.2) is 0 Å². The Labute approximate surface area is 188 Å². The Morgan fingerprint density at radius 1 is 0.516 bits per heavy atom. The minimum Gasteiger partial charge on any atom is -0.382 e. The minimum absolute atomic E-state index is 0.520. The van der Waals surface area contributed by atoms with E-state index in [9.17, 15) is 0 Å². The highest BCUT2D eigenvalue weighted by Gasteiger charge is 2.13. The standard InChI is InChI=1S/C28H37N3/c1-5-22(6-2)29-24-14-18-27(19-15-24)31(26-12-10-9-11-13-26)28-20-16-25(17-21-28)30-23(7-3)8-4/h9-23,29-30H,5-8H2,1-4H3. The van der Waals surface area contributed by atoms with Crippen molar-refractivity contribution in [2.75, 3.05) is 15.5 Å². The summed E-state index contributed by atoms with van der Waals surface area (Å²) in [6.45, 7) is 8.92. The summed E-state index contributed by atoms with van der Waals surface area (Å²) in [6.07, 6.45) is 4.52. The minimum atomic E-state index is 0.520. The van der Waals surface area contributed by atoms with Gasteiger partial charge in [-0.15, -0.1) is 0 Å². The van der Waals surface area contributed by atoms with Gasteiger partial charge in [-0.3, -0.25) is 0 Å². The second kappa shape index (κ2) is 11.5. The third kappa shape index (κ3) is 6.04. The molecule has 0 unspecified atom stereocenters. The summed E-state index contributed by atoms with van der Waals surface area (Å²) in [7, 11) is 0. The highest BCUT2D eigenvalue weighted by Crippen LogP contribution is 2.35. The van der Waals surface area contributed by atoms with Gasteiger partial charge in [-0.2, -0.15) is 0 Å². The van der Waals surface area contributed by atoms with E-state index in [0.29, 0.717) is 12.1 Å². The van der Waals surface area contributed by atoms with Gasteiger partial charge in [0.2, 0.25) is 0 Å². The summed E-state index contributed by atoms with van der Waals surface area (Å²) >= 11 is 0. The second-order valence-electron chi connectivity index (χ2n) is 8.08. The summed E-state index contributed by atoms with van der Waals surface area (Å²) in [5.74, 6) is 0. The van der Waals surface area contributed by atoms with Crippen LogP contribution in [0, 0.1) is 0 Å². The van der Waals surface area contributed by atoms with Gasteiger partial charge in [0, 0.05) is 40.5 Å².